The highest BCUT2D eigenvalue weighted by atomic mass is 32.2. The van der Waals surface area contributed by atoms with Crippen LogP contribution in [-0.4, -0.2) is 30.9 Å². The van der Waals surface area contributed by atoms with E-state index in [1.54, 1.807) is 54.2 Å². The van der Waals surface area contributed by atoms with Crippen LogP contribution >= 0.6 is 23.1 Å². The average molecular weight is 498 g/mol. The molecular formula is C24H23N3O3S3. The summed E-state index contributed by atoms with van der Waals surface area (Å²) in [4.78, 5) is 18.3. The van der Waals surface area contributed by atoms with Gasteiger partial charge < -0.3 is 4.57 Å². The van der Waals surface area contributed by atoms with Gasteiger partial charge in [-0.1, -0.05) is 47.7 Å². The molecule has 1 N–H and O–H groups in total. The molecule has 4 rings (SSSR count). The van der Waals surface area contributed by atoms with Gasteiger partial charge in [-0.3, -0.25) is 9.52 Å². The molecule has 0 aliphatic rings. The van der Waals surface area contributed by atoms with Crippen molar-refractivity contribution in [1.29, 1.82) is 0 Å². The molecule has 4 aromatic rings. The Hall–Kier alpha value is -2.88. The zero-order valence-corrected chi connectivity index (χ0v) is 20.6. The van der Waals surface area contributed by atoms with Crippen LogP contribution in [-0.2, 0) is 16.6 Å². The summed E-state index contributed by atoms with van der Waals surface area (Å²) in [6.07, 6.45) is 2.04. The first kappa shape index (κ1) is 23.3. The van der Waals surface area contributed by atoms with Crippen molar-refractivity contribution in [3.8, 4) is 0 Å². The van der Waals surface area contributed by atoms with Crippen LogP contribution in [0.5, 0.6) is 0 Å². The zero-order chi connectivity index (χ0) is 23.4. The third-order valence-corrected chi connectivity index (χ3v) is 8.02. The Morgan fingerprint density at radius 3 is 2.55 bits per heavy atom. The van der Waals surface area contributed by atoms with Crippen LogP contribution in [0.2, 0.25) is 0 Å². The Labute approximate surface area is 201 Å². The van der Waals surface area contributed by atoms with Gasteiger partial charge in [0.2, 0.25) is 0 Å². The number of hydrogen-bond donors (Lipinski definition) is 1. The maximum absolute atomic E-state index is 13.2. The van der Waals surface area contributed by atoms with Crippen molar-refractivity contribution >= 4 is 54.9 Å². The van der Waals surface area contributed by atoms with Crippen molar-refractivity contribution in [2.75, 3.05) is 16.7 Å². The van der Waals surface area contributed by atoms with Gasteiger partial charge in [0.05, 0.1) is 26.4 Å². The monoisotopic (exact) mass is 497 g/mol. The highest BCUT2D eigenvalue weighted by Crippen LogP contribution is 2.22. The summed E-state index contributed by atoms with van der Waals surface area (Å²) in [5, 5.41) is 0. The second kappa shape index (κ2) is 9.94. The molecule has 1 aromatic heterocycles. The number of fused-ring (bicyclic) bond motifs is 1. The SMILES string of the molecule is CSCCn1c(=NC(=O)c2ccccc2NS(=O)(=O)c2ccccc2)sc2cc(C)ccc21. The third kappa shape index (κ3) is 5.21. The van der Waals surface area contributed by atoms with Gasteiger partial charge in [-0.2, -0.15) is 16.8 Å². The van der Waals surface area contributed by atoms with E-state index >= 15 is 0 Å². The third-order valence-electron chi connectivity index (χ3n) is 5.01. The number of carbonyl (C=O) groups excluding carboxylic acids is 1. The lowest BCUT2D eigenvalue weighted by molar-refractivity contribution is 0.0998. The smallest absolute Gasteiger partial charge is 0.281 e. The summed E-state index contributed by atoms with van der Waals surface area (Å²) in [5.74, 6) is 0.386. The molecule has 9 heteroatoms. The fourth-order valence-electron chi connectivity index (χ4n) is 3.37. The molecule has 1 amide bonds. The van der Waals surface area contributed by atoms with Crippen molar-refractivity contribution in [1.82, 2.24) is 4.57 Å². The van der Waals surface area contributed by atoms with E-state index in [4.69, 9.17) is 0 Å². The van der Waals surface area contributed by atoms with Crippen molar-refractivity contribution in [3.05, 3.63) is 88.7 Å². The summed E-state index contributed by atoms with van der Waals surface area (Å²) >= 11 is 3.18. The van der Waals surface area contributed by atoms with Gasteiger partial charge in [-0.15, -0.1) is 0 Å². The number of thioether (sulfide) groups is 1. The number of thiazole rings is 1. The largest absolute Gasteiger partial charge is 0.316 e. The van der Waals surface area contributed by atoms with E-state index in [2.05, 4.69) is 15.8 Å². The van der Waals surface area contributed by atoms with Crippen LogP contribution in [0.3, 0.4) is 0 Å². The number of nitrogens with one attached hydrogen (secondary N) is 1. The minimum atomic E-state index is -3.84. The molecular weight excluding hydrogens is 474 g/mol. The molecule has 0 atom stereocenters. The quantitative estimate of drug-likeness (QED) is 0.393. The summed E-state index contributed by atoms with van der Waals surface area (Å²) in [5.41, 5.74) is 2.56. The molecule has 0 saturated heterocycles. The van der Waals surface area contributed by atoms with Crippen LogP contribution in [0, 0.1) is 6.92 Å². The predicted molar refractivity (Wildman–Crippen MR) is 137 cm³/mol. The van der Waals surface area contributed by atoms with E-state index in [9.17, 15) is 13.2 Å². The molecule has 0 saturated carbocycles. The topological polar surface area (TPSA) is 80.5 Å². The lowest BCUT2D eigenvalue weighted by Crippen LogP contribution is -2.19. The van der Waals surface area contributed by atoms with Gasteiger partial charge in [0.15, 0.2) is 4.80 Å². The van der Waals surface area contributed by atoms with Gasteiger partial charge in [-0.25, -0.2) is 8.42 Å². The molecule has 0 aliphatic carbocycles. The molecule has 1 heterocycles. The average Bonchev–Trinajstić information content (AvgIpc) is 3.14. The van der Waals surface area contributed by atoms with Gasteiger partial charge >= 0.3 is 0 Å². The van der Waals surface area contributed by atoms with Gasteiger partial charge in [-0.05, 0) is 55.1 Å². The molecule has 0 bridgehead atoms. The number of aryl methyl sites for hydroxylation is 2. The lowest BCUT2D eigenvalue weighted by Gasteiger charge is -2.10. The van der Waals surface area contributed by atoms with Crippen molar-refractivity contribution in [3.63, 3.8) is 0 Å². The molecule has 6 nitrogen and oxygen atoms in total. The van der Waals surface area contributed by atoms with E-state index in [0.717, 1.165) is 28.1 Å². The first-order valence-corrected chi connectivity index (χ1v) is 13.9. The van der Waals surface area contributed by atoms with E-state index < -0.39 is 15.9 Å². The molecule has 0 radical (unpaired) electrons. The molecule has 170 valence electrons. The first-order valence-electron chi connectivity index (χ1n) is 10.2. The number of benzene rings is 3. The fraction of sp³-hybridized carbons (Fsp3) is 0.167. The van der Waals surface area contributed by atoms with Gasteiger partial charge in [0, 0.05) is 12.3 Å². The lowest BCUT2D eigenvalue weighted by atomic mass is 10.2. The van der Waals surface area contributed by atoms with Crippen LogP contribution < -0.4 is 9.52 Å². The van der Waals surface area contributed by atoms with Crippen LogP contribution in [0.25, 0.3) is 10.2 Å². The molecule has 3 aromatic carbocycles. The highest BCUT2D eigenvalue weighted by Gasteiger charge is 2.18. The second-order valence-corrected chi connectivity index (χ2v) is 11.1. The van der Waals surface area contributed by atoms with Crippen LogP contribution in [0.4, 0.5) is 5.69 Å². The summed E-state index contributed by atoms with van der Waals surface area (Å²) in [6, 6.07) is 20.8. The number of para-hydroxylation sites is 1. The summed E-state index contributed by atoms with van der Waals surface area (Å²) in [7, 11) is -3.84. The number of sulfonamides is 1. The summed E-state index contributed by atoms with van der Waals surface area (Å²) < 4.78 is 31.2. The fourth-order valence-corrected chi connectivity index (χ4v) is 5.99. The molecule has 0 unspecified atom stereocenters. The maximum atomic E-state index is 13.2. The standard InChI is InChI=1S/C24H23N3O3S3/c1-17-12-13-21-22(16-17)32-24(27(21)14-15-31-2)25-23(28)19-10-6-7-11-20(19)26-33(29,30)18-8-4-3-5-9-18/h3-13,16,26H,14-15H2,1-2H3. The highest BCUT2D eigenvalue weighted by molar-refractivity contribution is 7.98. The van der Waals surface area contributed by atoms with Gasteiger partial charge in [0.25, 0.3) is 15.9 Å². The Morgan fingerprint density at radius 2 is 1.79 bits per heavy atom. The second-order valence-electron chi connectivity index (χ2n) is 7.38. The number of nitrogens with zero attached hydrogens (tertiary/aromatic N) is 2. The normalized spacial score (nSPS) is 12.2. The minimum absolute atomic E-state index is 0.124. The number of aromatic nitrogens is 1. The molecule has 0 fully saturated rings. The molecule has 0 spiro atoms. The van der Waals surface area contributed by atoms with E-state index in [1.165, 1.54) is 23.5 Å². The summed E-state index contributed by atoms with van der Waals surface area (Å²) in [6.45, 7) is 2.75. The van der Waals surface area contributed by atoms with Crippen LogP contribution in [0.15, 0.2) is 82.7 Å². The van der Waals surface area contributed by atoms with E-state index in [0.29, 0.717) is 4.80 Å². The Balaban J connectivity index is 1.75. The van der Waals surface area contributed by atoms with Crippen LogP contribution in [0.1, 0.15) is 15.9 Å². The minimum Gasteiger partial charge on any atom is -0.316 e. The van der Waals surface area contributed by atoms with E-state index in [1.807, 2.05) is 29.9 Å². The van der Waals surface area contributed by atoms with Crippen molar-refractivity contribution in [2.45, 2.75) is 18.4 Å². The number of amides is 1. The number of rotatable bonds is 7. The number of carbonyl (C=O) groups is 1. The Kier molecular flexibility index (Phi) is 7.02. The van der Waals surface area contributed by atoms with E-state index in [-0.39, 0.29) is 16.1 Å². The van der Waals surface area contributed by atoms with Crippen molar-refractivity contribution < 1.29 is 13.2 Å². The maximum Gasteiger partial charge on any atom is 0.281 e. The van der Waals surface area contributed by atoms with Crippen molar-refractivity contribution in [2.24, 2.45) is 4.99 Å². The molecule has 0 aliphatic heterocycles. The first-order chi connectivity index (χ1) is 15.9. The zero-order valence-electron chi connectivity index (χ0n) is 18.2. The van der Waals surface area contributed by atoms with Gasteiger partial charge in [0.1, 0.15) is 0 Å². The number of anilines is 1. The Bertz CT molecular complexity index is 1470. The Morgan fingerprint density at radius 1 is 1.06 bits per heavy atom. The molecule has 33 heavy (non-hydrogen) atoms. The predicted octanol–water partition coefficient (Wildman–Crippen LogP) is 4.92. The number of hydrogen-bond acceptors (Lipinski definition) is 5.